The Hall–Kier alpha value is -4.38. The van der Waals surface area contributed by atoms with Gasteiger partial charge in [-0.2, -0.15) is 0 Å². The Balaban J connectivity index is 0.000000161. The molecule has 7 aromatic rings. The first-order valence-electron chi connectivity index (χ1n) is 12.0. The van der Waals surface area contributed by atoms with E-state index in [0.717, 1.165) is 39.0 Å². The van der Waals surface area contributed by atoms with Crippen molar-refractivity contribution < 1.29 is 28.9 Å². The molecule has 0 amide bonds. The SMILES string of the molecule is Fc1[c-]c(-c2ncc3c(ccc4ccccc43)n2)cc(F)c1.[Ir].[c-]1ccccc1-c1nccc2ccccc12. The van der Waals surface area contributed by atoms with E-state index < -0.39 is 11.6 Å². The van der Waals surface area contributed by atoms with E-state index in [1.165, 1.54) is 16.8 Å². The van der Waals surface area contributed by atoms with E-state index in [4.69, 9.17) is 0 Å². The molecule has 0 fully saturated rings. The Labute approximate surface area is 237 Å². The first kappa shape index (κ1) is 26.2. The minimum absolute atomic E-state index is 0. The maximum atomic E-state index is 13.3. The van der Waals surface area contributed by atoms with Crippen LogP contribution in [0.25, 0.3) is 55.1 Å². The van der Waals surface area contributed by atoms with Crippen LogP contribution in [-0.4, -0.2) is 15.0 Å². The Morgan fingerprint density at radius 2 is 1.38 bits per heavy atom. The summed E-state index contributed by atoms with van der Waals surface area (Å²) in [4.78, 5) is 13.1. The molecule has 0 spiro atoms. The Kier molecular flexibility index (Phi) is 7.78. The molecule has 191 valence electrons. The molecule has 39 heavy (non-hydrogen) atoms. The zero-order chi connectivity index (χ0) is 25.9. The Morgan fingerprint density at radius 3 is 2.15 bits per heavy atom. The van der Waals surface area contributed by atoms with Gasteiger partial charge in [-0.25, -0.2) is 8.78 Å². The first-order valence-corrected chi connectivity index (χ1v) is 12.0. The maximum absolute atomic E-state index is 13.3. The van der Waals surface area contributed by atoms with Crippen LogP contribution in [0.15, 0.2) is 116 Å². The van der Waals surface area contributed by atoms with Gasteiger partial charge < -0.3 is 4.98 Å². The second-order valence-electron chi connectivity index (χ2n) is 8.63. The van der Waals surface area contributed by atoms with Crippen molar-refractivity contribution in [1.82, 2.24) is 15.0 Å². The van der Waals surface area contributed by atoms with Crippen LogP contribution in [0, 0.1) is 23.8 Å². The van der Waals surface area contributed by atoms with Crippen molar-refractivity contribution in [3.63, 3.8) is 0 Å². The van der Waals surface area contributed by atoms with E-state index in [2.05, 4.69) is 39.2 Å². The Bertz CT molecular complexity index is 1880. The fraction of sp³-hybridized carbons (Fsp3) is 0. The van der Waals surface area contributed by atoms with Crippen LogP contribution < -0.4 is 0 Å². The van der Waals surface area contributed by atoms with Gasteiger partial charge in [0.2, 0.25) is 0 Å². The van der Waals surface area contributed by atoms with E-state index in [0.29, 0.717) is 0 Å². The van der Waals surface area contributed by atoms with E-state index in [9.17, 15) is 8.78 Å². The molecular formula is C33H19F2IrN3-2. The summed E-state index contributed by atoms with van der Waals surface area (Å²) in [6.07, 6.45) is 3.52. The predicted molar refractivity (Wildman–Crippen MR) is 147 cm³/mol. The second-order valence-corrected chi connectivity index (χ2v) is 8.63. The number of halogens is 2. The van der Waals surface area contributed by atoms with Crippen LogP contribution in [0.5, 0.6) is 0 Å². The van der Waals surface area contributed by atoms with Gasteiger partial charge in [-0.3, -0.25) is 9.97 Å². The molecule has 0 saturated heterocycles. The van der Waals surface area contributed by atoms with Crippen molar-refractivity contribution in [2.45, 2.75) is 0 Å². The maximum Gasteiger partial charge on any atom is 0.0757 e. The van der Waals surface area contributed by atoms with Crippen LogP contribution in [0.4, 0.5) is 8.78 Å². The minimum Gasteiger partial charge on any atom is -0.304 e. The molecule has 0 bridgehead atoms. The van der Waals surface area contributed by atoms with Gasteiger partial charge in [0.1, 0.15) is 0 Å². The number of hydrogen-bond donors (Lipinski definition) is 0. The summed E-state index contributed by atoms with van der Waals surface area (Å²) >= 11 is 0. The molecule has 2 heterocycles. The number of benzene rings is 5. The van der Waals surface area contributed by atoms with Crippen molar-refractivity contribution in [3.8, 4) is 22.6 Å². The predicted octanol–water partition coefficient (Wildman–Crippen LogP) is 8.23. The van der Waals surface area contributed by atoms with E-state index >= 15 is 0 Å². The summed E-state index contributed by atoms with van der Waals surface area (Å²) in [5, 5.41) is 5.42. The normalized spacial score (nSPS) is 10.6. The van der Waals surface area contributed by atoms with Gasteiger partial charge in [-0.15, -0.1) is 53.6 Å². The van der Waals surface area contributed by atoms with Gasteiger partial charge in [0.25, 0.3) is 0 Å². The largest absolute Gasteiger partial charge is 0.304 e. The molecule has 5 aromatic carbocycles. The third kappa shape index (κ3) is 5.58. The van der Waals surface area contributed by atoms with Gasteiger partial charge in [0.05, 0.1) is 11.3 Å². The van der Waals surface area contributed by atoms with E-state index in [-0.39, 0.29) is 31.5 Å². The number of hydrogen-bond acceptors (Lipinski definition) is 3. The van der Waals surface area contributed by atoms with Crippen LogP contribution in [0.3, 0.4) is 0 Å². The van der Waals surface area contributed by atoms with Crippen LogP contribution in [0.2, 0.25) is 0 Å². The molecule has 6 heteroatoms. The third-order valence-corrected chi connectivity index (χ3v) is 6.17. The average Bonchev–Trinajstić information content (AvgIpc) is 2.97. The van der Waals surface area contributed by atoms with E-state index in [1.807, 2.05) is 85.1 Å². The molecule has 7 rings (SSSR count). The summed E-state index contributed by atoms with van der Waals surface area (Å²) in [6, 6.07) is 37.6. The van der Waals surface area contributed by atoms with Crippen LogP contribution >= 0.6 is 0 Å². The summed E-state index contributed by atoms with van der Waals surface area (Å²) in [5.74, 6) is -1.19. The molecular weight excluding hydrogens is 669 g/mol. The number of aromatic nitrogens is 3. The smallest absolute Gasteiger partial charge is 0.0757 e. The molecule has 0 saturated carbocycles. The van der Waals surface area contributed by atoms with Crippen LogP contribution in [0.1, 0.15) is 0 Å². The van der Waals surface area contributed by atoms with E-state index in [1.54, 1.807) is 6.20 Å². The van der Waals surface area contributed by atoms with Gasteiger partial charge >= 0.3 is 0 Å². The third-order valence-electron chi connectivity index (χ3n) is 6.17. The molecule has 1 radical (unpaired) electrons. The molecule has 0 atom stereocenters. The second kappa shape index (κ2) is 11.6. The molecule has 0 N–H and O–H groups in total. The molecule has 0 aliphatic heterocycles. The fourth-order valence-electron chi connectivity index (χ4n) is 4.41. The van der Waals surface area contributed by atoms with Crippen molar-refractivity contribution in [2.24, 2.45) is 0 Å². The van der Waals surface area contributed by atoms with Crippen molar-refractivity contribution in [2.75, 3.05) is 0 Å². The molecule has 0 aliphatic carbocycles. The molecule has 0 aliphatic rings. The summed E-state index contributed by atoms with van der Waals surface area (Å²) < 4.78 is 26.6. The standard InChI is InChI=1S/C18H9F2N2.C15H10N.Ir/c19-13-7-12(8-14(20)9-13)18-21-10-16-15-4-2-1-3-11(15)5-6-17(16)22-18;1-2-7-13(8-3-1)15-14-9-5-4-6-12(14)10-11-16-15;/h1-7,9-10H;1-7,9-11H;/q2*-1;. The topological polar surface area (TPSA) is 38.7 Å². The summed E-state index contributed by atoms with van der Waals surface area (Å²) in [6.45, 7) is 0. The quantitative estimate of drug-likeness (QED) is 0.136. The number of pyridine rings is 1. The summed E-state index contributed by atoms with van der Waals surface area (Å²) in [7, 11) is 0. The molecule has 0 unspecified atom stereocenters. The minimum atomic E-state index is -0.766. The molecule has 2 aromatic heterocycles. The summed E-state index contributed by atoms with van der Waals surface area (Å²) in [5.41, 5.74) is 2.97. The van der Waals surface area contributed by atoms with Gasteiger partial charge in [0.15, 0.2) is 0 Å². The van der Waals surface area contributed by atoms with Gasteiger partial charge in [-0.1, -0.05) is 60.7 Å². The van der Waals surface area contributed by atoms with Crippen molar-refractivity contribution in [3.05, 3.63) is 139 Å². The average molecular weight is 688 g/mol. The fourth-order valence-corrected chi connectivity index (χ4v) is 4.41. The zero-order valence-electron chi connectivity index (χ0n) is 20.4. The Morgan fingerprint density at radius 1 is 0.641 bits per heavy atom. The first-order chi connectivity index (χ1) is 18.7. The van der Waals surface area contributed by atoms with Gasteiger partial charge in [-0.05, 0) is 39.4 Å². The van der Waals surface area contributed by atoms with Crippen molar-refractivity contribution >= 4 is 32.4 Å². The zero-order valence-corrected chi connectivity index (χ0v) is 22.8. The molecule has 3 nitrogen and oxygen atoms in total. The number of fused-ring (bicyclic) bond motifs is 4. The monoisotopic (exact) mass is 688 g/mol. The van der Waals surface area contributed by atoms with Gasteiger partial charge in [0, 0.05) is 49.5 Å². The van der Waals surface area contributed by atoms with Crippen LogP contribution in [-0.2, 0) is 20.1 Å². The number of nitrogens with zero attached hydrogens (tertiary/aromatic N) is 3. The van der Waals surface area contributed by atoms with Crippen molar-refractivity contribution in [1.29, 1.82) is 0 Å². The number of rotatable bonds is 2.